The predicted octanol–water partition coefficient (Wildman–Crippen LogP) is 2.46. The molecule has 0 bridgehead atoms. The molecule has 84 valence electrons. The average molecular weight is 215 g/mol. The van der Waals surface area contributed by atoms with Crippen LogP contribution in [0.1, 0.15) is 5.56 Å². The van der Waals surface area contributed by atoms with E-state index in [-0.39, 0.29) is 0 Å². The molecule has 1 aromatic carbocycles. The van der Waals surface area contributed by atoms with Crippen LogP contribution in [0.5, 0.6) is 0 Å². The Morgan fingerprint density at radius 1 is 1.12 bits per heavy atom. The minimum absolute atomic E-state index is 0.968. The molecule has 0 atom stereocenters. The van der Waals surface area contributed by atoms with Crippen LogP contribution >= 0.6 is 0 Å². The summed E-state index contributed by atoms with van der Waals surface area (Å²) in [6, 6.07) is 8.44. The quantitative estimate of drug-likeness (QED) is 0.767. The van der Waals surface area contributed by atoms with E-state index in [0.717, 1.165) is 17.2 Å². The van der Waals surface area contributed by atoms with Crippen LogP contribution < -0.4 is 4.90 Å². The summed E-state index contributed by atoms with van der Waals surface area (Å²) < 4.78 is 2.04. The number of benzene rings is 1. The summed E-state index contributed by atoms with van der Waals surface area (Å²) in [6.45, 7) is 2.09. The van der Waals surface area contributed by atoms with Crippen LogP contribution in [0.25, 0.3) is 11.3 Å². The summed E-state index contributed by atoms with van der Waals surface area (Å²) in [7, 11) is 6.02. The van der Waals surface area contributed by atoms with Crippen LogP contribution in [0.15, 0.2) is 30.5 Å². The summed E-state index contributed by atoms with van der Waals surface area (Å²) in [5, 5.41) is 0. The summed E-state index contributed by atoms with van der Waals surface area (Å²) >= 11 is 0. The Hall–Kier alpha value is -1.77. The van der Waals surface area contributed by atoms with Gasteiger partial charge in [-0.25, -0.2) is 4.98 Å². The molecular formula is C13H17N3. The molecule has 0 N–H and O–H groups in total. The van der Waals surface area contributed by atoms with Crippen molar-refractivity contribution in [2.45, 2.75) is 6.92 Å². The zero-order valence-electron chi connectivity index (χ0n) is 10.2. The molecule has 0 fully saturated rings. The van der Waals surface area contributed by atoms with Gasteiger partial charge in [0.2, 0.25) is 5.95 Å². The summed E-state index contributed by atoms with van der Waals surface area (Å²) in [6.07, 6.45) is 2.06. The molecule has 3 nitrogen and oxygen atoms in total. The highest BCUT2D eigenvalue weighted by Gasteiger charge is 2.07. The first-order valence-corrected chi connectivity index (χ1v) is 5.35. The van der Waals surface area contributed by atoms with E-state index in [1.165, 1.54) is 5.56 Å². The fourth-order valence-electron chi connectivity index (χ4n) is 1.74. The monoisotopic (exact) mass is 215 g/mol. The third kappa shape index (κ3) is 1.94. The molecule has 2 rings (SSSR count). The Bertz CT molecular complexity index is 480. The molecule has 0 spiro atoms. The van der Waals surface area contributed by atoms with E-state index in [1.807, 2.05) is 30.6 Å². The Morgan fingerprint density at radius 3 is 2.25 bits per heavy atom. The van der Waals surface area contributed by atoms with Gasteiger partial charge in [-0.1, -0.05) is 29.8 Å². The molecule has 2 aromatic rings. The van der Waals surface area contributed by atoms with E-state index in [2.05, 4.69) is 42.4 Å². The first-order valence-electron chi connectivity index (χ1n) is 5.35. The van der Waals surface area contributed by atoms with Crippen molar-refractivity contribution in [3.8, 4) is 11.3 Å². The van der Waals surface area contributed by atoms with Crippen molar-refractivity contribution in [2.75, 3.05) is 19.0 Å². The lowest BCUT2D eigenvalue weighted by Gasteiger charge is -2.09. The second-order valence-electron chi connectivity index (χ2n) is 4.30. The van der Waals surface area contributed by atoms with Crippen molar-refractivity contribution in [1.82, 2.24) is 9.55 Å². The Kier molecular flexibility index (Phi) is 2.69. The fraction of sp³-hybridized carbons (Fsp3) is 0.308. The second-order valence-corrected chi connectivity index (χ2v) is 4.30. The van der Waals surface area contributed by atoms with E-state index < -0.39 is 0 Å². The van der Waals surface area contributed by atoms with Crippen molar-refractivity contribution >= 4 is 5.95 Å². The van der Waals surface area contributed by atoms with Crippen molar-refractivity contribution in [3.05, 3.63) is 36.0 Å². The van der Waals surface area contributed by atoms with Crippen LogP contribution in [0.3, 0.4) is 0 Å². The van der Waals surface area contributed by atoms with Crippen molar-refractivity contribution in [2.24, 2.45) is 7.05 Å². The molecule has 0 aliphatic carbocycles. The van der Waals surface area contributed by atoms with E-state index >= 15 is 0 Å². The molecule has 0 saturated heterocycles. The largest absolute Gasteiger partial charge is 0.348 e. The lowest BCUT2D eigenvalue weighted by atomic mass is 10.1. The number of nitrogens with zero attached hydrogens (tertiary/aromatic N) is 3. The van der Waals surface area contributed by atoms with Crippen molar-refractivity contribution < 1.29 is 0 Å². The van der Waals surface area contributed by atoms with Gasteiger partial charge >= 0.3 is 0 Å². The predicted molar refractivity (Wildman–Crippen MR) is 67.7 cm³/mol. The van der Waals surface area contributed by atoms with Crippen molar-refractivity contribution in [1.29, 1.82) is 0 Å². The van der Waals surface area contributed by atoms with Gasteiger partial charge in [0.25, 0.3) is 0 Å². The molecule has 0 aliphatic heterocycles. The summed E-state index contributed by atoms with van der Waals surface area (Å²) in [4.78, 5) is 6.61. The number of aromatic nitrogens is 2. The number of rotatable bonds is 2. The molecule has 1 aromatic heterocycles. The van der Waals surface area contributed by atoms with Crippen molar-refractivity contribution in [3.63, 3.8) is 0 Å². The third-order valence-electron chi connectivity index (χ3n) is 2.60. The number of hydrogen-bond donors (Lipinski definition) is 0. The van der Waals surface area contributed by atoms with Gasteiger partial charge in [0.15, 0.2) is 0 Å². The lowest BCUT2D eigenvalue weighted by Crippen LogP contribution is -2.13. The molecule has 16 heavy (non-hydrogen) atoms. The topological polar surface area (TPSA) is 21.1 Å². The number of aryl methyl sites for hydroxylation is 2. The lowest BCUT2D eigenvalue weighted by molar-refractivity contribution is 0.867. The molecular weight excluding hydrogens is 198 g/mol. The maximum Gasteiger partial charge on any atom is 0.205 e. The molecule has 0 unspecified atom stereocenters. The molecule has 0 aliphatic rings. The van der Waals surface area contributed by atoms with Gasteiger partial charge in [-0.3, -0.25) is 0 Å². The minimum Gasteiger partial charge on any atom is -0.348 e. The van der Waals surface area contributed by atoms with Gasteiger partial charge in [0.1, 0.15) is 0 Å². The highest BCUT2D eigenvalue weighted by atomic mass is 15.3. The molecule has 0 amide bonds. The highest BCUT2D eigenvalue weighted by Crippen LogP contribution is 2.21. The van der Waals surface area contributed by atoms with Gasteiger partial charge in [0, 0.05) is 32.9 Å². The van der Waals surface area contributed by atoms with E-state index in [9.17, 15) is 0 Å². The summed E-state index contributed by atoms with van der Waals surface area (Å²) in [5.41, 5.74) is 3.45. The second kappa shape index (κ2) is 4.00. The SMILES string of the molecule is Cc1ccc(-c2cn(C)c(N(C)C)n2)cc1. The third-order valence-corrected chi connectivity index (χ3v) is 2.60. The van der Waals surface area contributed by atoms with Gasteiger partial charge in [-0.2, -0.15) is 0 Å². The number of hydrogen-bond acceptors (Lipinski definition) is 2. The summed E-state index contributed by atoms with van der Waals surface area (Å²) in [5.74, 6) is 0.968. The zero-order valence-corrected chi connectivity index (χ0v) is 10.2. The normalized spacial score (nSPS) is 10.5. The van der Waals surface area contributed by atoms with Gasteiger partial charge in [-0.15, -0.1) is 0 Å². The molecule has 0 saturated carbocycles. The first kappa shape index (κ1) is 10.7. The average Bonchev–Trinajstić information content (AvgIpc) is 2.61. The van der Waals surface area contributed by atoms with Gasteiger partial charge < -0.3 is 9.47 Å². The Morgan fingerprint density at radius 2 is 1.75 bits per heavy atom. The maximum absolute atomic E-state index is 4.60. The molecule has 3 heteroatoms. The van der Waals surface area contributed by atoms with Gasteiger partial charge in [0.05, 0.1) is 5.69 Å². The van der Waals surface area contributed by atoms with Crippen LogP contribution in [-0.2, 0) is 7.05 Å². The number of anilines is 1. The number of imidazole rings is 1. The smallest absolute Gasteiger partial charge is 0.205 e. The van der Waals surface area contributed by atoms with Crippen LogP contribution in [0.4, 0.5) is 5.95 Å². The first-order chi connectivity index (χ1) is 7.58. The zero-order chi connectivity index (χ0) is 11.7. The molecule has 1 heterocycles. The Balaban J connectivity index is 2.41. The standard InChI is InChI=1S/C13H17N3/c1-10-5-7-11(8-6-10)12-9-16(4)13(14-12)15(2)3/h5-9H,1-4H3. The maximum atomic E-state index is 4.60. The van der Waals surface area contributed by atoms with E-state index in [1.54, 1.807) is 0 Å². The van der Waals surface area contributed by atoms with Crippen LogP contribution in [0.2, 0.25) is 0 Å². The van der Waals surface area contributed by atoms with Gasteiger partial charge in [-0.05, 0) is 6.92 Å². The Labute approximate surface area is 96.3 Å². The van der Waals surface area contributed by atoms with E-state index in [4.69, 9.17) is 0 Å². The minimum atomic E-state index is 0.968. The fourth-order valence-corrected chi connectivity index (χ4v) is 1.74. The van der Waals surface area contributed by atoms with Crippen LogP contribution in [-0.4, -0.2) is 23.6 Å². The van der Waals surface area contributed by atoms with E-state index in [0.29, 0.717) is 0 Å². The molecule has 0 radical (unpaired) electrons. The highest BCUT2D eigenvalue weighted by molar-refractivity contribution is 5.61. The van der Waals surface area contributed by atoms with Crippen LogP contribution in [0, 0.1) is 6.92 Å².